The molecule has 37 heavy (non-hydrogen) atoms. The smallest absolute Gasteiger partial charge is 0.350 e. The molecule has 2 heterocycles. The quantitative estimate of drug-likeness (QED) is 0.503. The van der Waals surface area contributed by atoms with Gasteiger partial charge in [-0.2, -0.15) is 5.10 Å². The summed E-state index contributed by atoms with van der Waals surface area (Å²) in [5.74, 6) is 0.102. The maximum atomic E-state index is 13.3. The standard InChI is InChI=1S/C29H38N6O2/c1-4-6-27(28(36)31-24-10-9-22-7-5-8-23(22)19-24)33-17-15-32(16-18-33)25-11-13-26(14-12-25)34-20-30-35(21(2)3)29(34)37/h9-14,19-21,27H,4-8,15-18H2,1-3H3,(H,31,36). The number of anilines is 2. The van der Waals surface area contributed by atoms with E-state index < -0.39 is 0 Å². The SMILES string of the molecule is CCCC(C(=O)Nc1ccc2c(c1)CCC2)N1CCN(c2ccc(-n3cnn(C(C)C)c3=O)cc2)CC1. The fourth-order valence-electron chi connectivity index (χ4n) is 5.59. The van der Waals surface area contributed by atoms with E-state index in [0.29, 0.717) is 0 Å². The highest BCUT2D eigenvalue weighted by molar-refractivity contribution is 5.95. The molecule has 2 aromatic carbocycles. The number of nitrogens with one attached hydrogen (secondary N) is 1. The third-order valence-electron chi connectivity index (χ3n) is 7.66. The minimum Gasteiger partial charge on any atom is -0.369 e. The molecule has 0 radical (unpaired) electrons. The molecule has 1 aliphatic heterocycles. The van der Waals surface area contributed by atoms with Crippen molar-refractivity contribution < 1.29 is 4.79 Å². The highest BCUT2D eigenvalue weighted by Gasteiger charge is 2.29. The summed E-state index contributed by atoms with van der Waals surface area (Å²) in [4.78, 5) is 30.6. The van der Waals surface area contributed by atoms with Gasteiger partial charge in [0, 0.05) is 37.6 Å². The van der Waals surface area contributed by atoms with Crippen molar-refractivity contribution in [2.24, 2.45) is 0 Å². The predicted octanol–water partition coefficient (Wildman–Crippen LogP) is 4.03. The molecule has 1 atom stereocenters. The Labute approximate surface area is 218 Å². The van der Waals surface area contributed by atoms with E-state index in [2.05, 4.69) is 57.5 Å². The van der Waals surface area contributed by atoms with Crippen LogP contribution in [-0.4, -0.2) is 57.4 Å². The van der Waals surface area contributed by atoms with Gasteiger partial charge in [-0.25, -0.2) is 14.0 Å². The van der Waals surface area contributed by atoms with Gasteiger partial charge in [0.1, 0.15) is 6.33 Å². The summed E-state index contributed by atoms with van der Waals surface area (Å²) in [6, 6.07) is 14.4. The van der Waals surface area contributed by atoms with Crippen LogP contribution < -0.4 is 15.9 Å². The monoisotopic (exact) mass is 502 g/mol. The molecule has 8 nitrogen and oxygen atoms in total. The minimum atomic E-state index is -0.128. The first kappa shape index (κ1) is 25.3. The Morgan fingerprint density at radius 2 is 1.68 bits per heavy atom. The number of amides is 1. The van der Waals surface area contributed by atoms with Gasteiger partial charge in [0.2, 0.25) is 5.91 Å². The summed E-state index contributed by atoms with van der Waals surface area (Å²) in [5, 5.41) is 7.42. The molecule has 1 fully saturated rings. The molecule has 0 bridgehead atoms. The molecule has 1 N–H and O–H groups in total. The highest BCUT2D eigenvalue weighted by Crippen LogP contribution is 2.26. The van der Waals surface area contributed by atoms with Crippen LogP contribution >= 0.6 is 0 Å². The van der Waals surface area contributed by atoms with Crippen LogP contribution in [0, 0.1) is 0 Å². The Morgan fingerprint density at radius 1 is 0.973 bits per heavy atom. The number of carbonyl (C=O) groups excluding carboxylic acids is 1. The van der Waals surface area contributed by atoms with Crippen LogP contribution in [0.3, 0.4) is 0 Å². The molecule has 1 unspecified atom stereocenters. The van der Waals surface area contributed by atoms with Crippen molar-refractivity contribution in [3.05, 3.63) is 70.4 Å². The Hall–Kier alpha value is -3.39. The lowest BCUT2D eigenvalue weighted by Crippen LogP contribution is -2.53. The number of hydrogen-bond acceptors (Lipinski definition) is 5. The van der Waals surface area contributed by atoms with E-state index in [-0.39, 0.29) is 23.7 Å². The summed E-state index contributed by atoms with van der Waals surface area (Å²) in [5.41, 5.74) is 5.53. The van der Waals surface area contributed by atoms with Crippen LogP contribution in [0.25, 0.3) is 5.69 Å². The van der Waals surface area contributed by atoms with Crippen LogP contribution in [0.4, 0.5) is 11.4 Å². The first-order valence-corrected chi connectivity index (χ1v) is 13.6. The van der Waals surface area contributed by atoms with Crippen molar-refractivity contribution in [1.82, 2.24) is 19.2 Å². The van der Waals surface area contributed by atoms with Crippen LogP contribution in [0.1, 0.15) is 57.2 Å². The van der Waals surface area contributed by atoms with Crippen molar-refractivity contribution >= 4 is 17.3 Å². The third kappa shape index (κ3) is 5.34. The minimum absolute atomic E-state index is 0.0244. The van der Waals surface area contributed by atoms with Crippen molar-refractivity contribution in [2.45, 2.75) is 65.0 Å². The van der Waals surface area contributed by atoms with Crippen molar-refractivity contribution in [3.63, 3.8) is 0 Å². The number of benzene rings is 2. The molecule has 1 aromatic heterocycles. The molecule has 8 heteroatoms. The van der Waals surface area contributed by atoms with E-state index in [1.165, 1.54) is 22.2 Å². The Kier molecular flexibility index (Phi) is 7.46. The van der Waals surface area contributed by atoms with Crippen LogP contribution in [0.15, 0.2) is 53.6 Å². The zero-order chi connectivity index (χ0) is 25.9. The zero-order valence-electron chi connectivity index (χ0n) is 22.2. The van der Waals surface area contributed by atoms with Crippen LogP contribution in [0.2, 0.25) is 0 Å². The second-order valence-corrected chi connectivity index (χ2v) is 10.5. The fourth-order valence-corrected chi connectivity index (χ4v) is 5.59. The lowest BCUT2D eigenvalue weighted by atomic mass is 10.1. The molecule has 0 spiro atoms. The average Bonchev–Trinajstić information content (AvgIpc) is 3.53. The summed E-state index contributed by atoms with van der Waals surface area (Å²) in [6.07, 6.45) is 6.87. The number of piperazine rings is 1. The van der Waals surface area contributed by atoms with Crippen molar-refractivity contribution in [3.8, 4) is 5.69 Å². The summed E-state index contributed by atoms with van der Waals surface area (Å²) >= 11 is 0. The van der Waals surface area contributed by atoms with Crippen LogP contribution in [-0.2, 0) is 17.6 Å². The van der Waals surface area contributed by atoms with Gasteiger partial charge in [-0.05, 0) is 87.1 Å². The molecule has 1 amide bonds. The second kappa shape index (κ2) is 10.9. The largest absolute Gasteiger partial charge is 0.369 e. The fraction of sp³-hybridized carbons (Fsp3) is 0.483. The molecule has 1 saturated heterocycles. The molecule has 1 aliphatic carbocycles. The summed E-state index contributed by atoms with van der Waals surface area (Å²) < 4.78 is 3.07. The molecule has 0 saturated carbocycles. The van der Waals surface area contributed by atoms with Gasteiger partial charge in [-0.3, -0.25) is 9.69 Å². The van der Waals surface area contributed by atoms with Gasteiger partial charge in [0.05, 0.1) is 17.8 Å². The number of carbonyl (C=O) groups is 1. The molecule has 196 valence electrons. The lowest BCUT2D eigenvalue weighted by molar-refractivity contribution is -0.121. The Bertz CT molecular complexity index is 1280. The van der Waals surface area contributed by atoms with E-state index in [1.54, 1.807) is 10.9 Å². The lowest BCUT2D eigenvalue weighted by Gasteiger charge is -2.39. The van der Waals surface area contributed by atoms with E-state index in [0.717, 1.165) is 68.9 Å². The normalized spacial score (nSPS) is 16.7. The van der Waals surface area contributed by atoms with Crippen molar-refractivity contribution in [1.29, 1.82) is 0 Å². The topological polar surface area (TPSA) is 75.4 Å². The molecule has 5 rings (SSSR count). The van der Waals surface area contributed by atoms with E-state index in [9.17, 15) is 9.59 Å². The van der Waals surface area contributed by atoms with E-state index in [4.69, 9.17) is 0 Å². The zero-order valence-corrected chi connectivity index (χ0v) is 22.2. The predicted molar refractivity (Wildman–Crippen MR) is 148 cm³/mol. The van der Waals surface area contributed by atoms with Gasteiger partial charge >= 0.3 is 5.69 Å². The van der Waals surface area contributed by atoms with E-state index in [1.807, 2.05) is 26.0 Å². The second-order valence-electron chi connectivity index (χ2n) is 10.5. The van der Waals surface area contributed by atoms with Crippen molar-refractivity contribution in [2.75, 3.05) is 36.4 Å². The number of aryl methyl sites for hydroxylation is 2. The Morgan fingerprint density at radius 3 is 2.35 bits per heavy atom. The van der Waals surface area contributed by atoms with Gasteiger partial charge in [-0.1, -0.05) is 19.4 Å². The first-order chi connectivity index (χ1) is 17.9. The average molecular weight is 503 g/mol. The number of aromatic nitrogens is 3. The number of hydrogen-bond donors (Lipinski definition) is 1. The maximum Gasteiger partial charge on any atom is 0.350 e. The summed E-state index contributed by atoms with van der Waals surface area (Å²) in [7, 11) is 0. The number of fused-ring (bicyclic) bond motifs is 1. The molecular formula is C29H38N6O2. The summed E-state index contributed by atoms with van der Waals surface area (Å²) in [6.45, 7) is 9.43. The maximum absolute atomic E-state index is 13.3. The molecular weight excluding hydrogens is 464 g/mol. The third-order valence-corrected chi connectivity index (χ3v) is 7.66. The molecule has 3 aromatic rings. The van der Waals surface area contributed by atoms with Gasteiger partial charge in [0.25, 0.3) is 0 Å². The van der Waals surface area contributed by atoms with Gasteiger partial charge < -0.3 is 10.2 Å². The van der Waals surface area contributed by atoms with Gasteiger partial charge in [0.15, 0.2) is 0 Å². The first-order valence-electron chi connectivity index (χ1n) is 13.6. The van der Waals surface area contributed by atoms with Crippen LogP contribution in [0.5, 0.6) is 0 Å². The number of rotatable bonds is 8. The molecule has 2 aliphatic rings. The Balaban J connectivity index is 1.21. The van der Waals surface area contributed by atoms with Gasteiger partial charge in [-0.15, -0.1) is 0 Å². The highest BCUT2D eigenvalue weighted by atomic mass is 16.2. The van der Waals surface area contributed by atoms with E-state index >= 15 is 0 Å². The number of nitrogens with zero attached hydrogens (tertiary/aromatic N) is 5.